The number of carbonyl (C=O) groups excluding carboxylic acids is 2. The summed E-state index contributed by atoms with van der Waals surface area (Å²) in [6, 6.07) is 0. The van der Waals surface area contributed by atoms with Crippen molar-refractivity contribution in [2.45, 2.75) is 90.2 Å². The van der Waals surface area contributed by atoms with E-state index in [2.05, 4.69) is 33.4 Å². The third-order valence-electron chi connectivity index (χ3n) is 10.2. The number of carboxylic acids is 1. The Morgan fingerprint density at radius 1 is 1.13 bits per heavy atom. The summed E-state index contributed by atoms with van der Waals surface area (Å²) < 4.78 is -1.01. The number of Topliss-reactive ketones (excluding diaryl/α,β-unsaturated/α-hetero) is 2. The van der Waals surface area contributed by atoms with E-state index in [4.69, 9.17) is 0 Å². The topological polar surface area (TPSA) is 71.4 Å². The summed E-state index contributed by atoms with van der Waals surface area (Å²) in [5.74, 6) is 1.81. The summed E-state index contributed by atoms with van der Waals surface area (Å²) in [4.78, 5) is 37.1. The first-order chi connectivity index (χ1) is 13.9. The number of carboxylic acid groups (broad SMARTS) is 1. The summed E-state index contributed by atoms with van der Waals surface area (Å²) in [5, 5.41) is 9.53. The standard InChI is InChI=1S/C25H38O4S/c1-14(13-25(4,30)22(28)29)17-5-6-18-21-19(8-10-24(17,18)3)23(2)9-7-16(26)11-15(23)12-20(21)27/h14-15,17-19,21,30H,5-13H2,1-4H3,(H,28,29). The van der Waals surface area contributed by atoms with E-state index in [-0.39, 0.29) is 28.6 Å². The molecular formula is C25H38O4S. The molecule has 4 nitrogen and oxygen atoms in total. The van der Waals surface area contributed by atoms with Crippen molar-refractivity contribution in [2.24, 2.45) is 46.3 Å². The lowest BCUT2D eigenvalue weighted by Gasteiger charge is -2.59. The van der Waals surface area contributed by atoms with Crippen LogP contribution in [-0.4, -0.2) is 27.4 Å². The molecule has 0 bridgehead atoms. The molecule has 0 saturated heterocycles. The van der Waals surface area contributed by atoms with Crippen molar-refractivity contribution in [1.82, 2.24) is 0 Å². The molecule has 0 aromatic heterocycles. The van der Waals surface area contributed by atoms with Crippen molar-refractivity contribution in [3.05, 3.63) is 0 Å². The van der Waals surface area contributed by atoms with Crippen LogP contribution in [0.5, 0.6) is 0 Å². The van der Waals surface area contributed by atoms with Gasteiger partial charge in [-0.15, -0.1) is 0 Å². The highest BCUT2D eigenvalue weighted by Gasteiger charge is 2.63. The second kappa shape index (κ2) is 7.35. The summed E-state index contributed by atoms with van der Waals surface area (Å²) >= 11 is 4.44. The maximum Gasteiger partial charge on any atom is 0.319 e. The second-order valence-corrected chi connectivity index (χ2v) is 12.8. The predicted octanol–water partition coefficient (Wildman–Crippen LogP) is 5.19. The Balaban J connectivity index is 1.58. The molecule has 0 aromatic carbocycles. The molecule has 4 saturated carbocycles. The zero-order chi connectivity index (χ0) is 22.1. The number of hydrogen-bond donors (Lipinski definition) is 2. The van der Waals surface area contributed by atoms with Crippen LogP contribution in [-0.2, 0) is 14.4 Å². The minimum Gasteiger partial charge on any atom is -0.480 e. The molecule has 4 rings (SSSR count). The Labute approximate surface area is 186 Å². The molecule has 4 aliphatic carbocycles. The van der Waals surface area contributed by atoms with Crippen LogP contribution in [0.3, 0.4) is 0 Å². The molecule has 0 heterocycles. The average Bonchev–Trinajstić information content (AvgIpc) is 3.00. The van der Waals surface area contributed by atoms with E-state index in [0.717, 1.165) is 32.1 Å². The van der Waals surface area contributed by atoms with Gasteiger partial charge >= 0.3 is 5.97 Å². The molecule has 0 amide bonds. The van der Waals surface area contributed by atoms with Crippen LogP contribution >= 0.6 is 12.6 Å². The summed E-state index contributed by atoms with van der Waals surface area (Å²) in [6.07, 6.45) is 7.73. The van der Waals surface area contributed by atoms with Gasteiger partial charge in [0.05, 0.1) is 0 Å². The van der Waals surface area contributed by atoms with Gasteiger partial charge < -0.3 is 5.11 Å². The van der Waals surface area contributed by atoms with Crippen LogP contribution in [0.25, 0.3) is 0 Å². The lowest BCUT2D eigenvalue weighted by molar-refractivity contribution is -0.159. The van der Waals surface area contributed by atoms with Crippen molar-refractivity contribution >= 4 is 30.2 Å². The van der Waals surface area contributed by atoms with Gasteiger partial charge in [0, 0.05) is 25.2 Å². The van der Waals surface area contributed by atoms with Gasteiger partial charge in [-0.1, -0.05) is 20.8 Å². The molecule has 0 aliphatic heterocycles. The molecule has 5 heteroatoms. The quantitative estimate of drug-likeness (QED) is 0.597. The Morgan fingerprint density at radius 3 is 2.47 bits per heavy atom. The SMILES string of the molecule is CC(CC(C)(S)C(=O)O)C1CCC2C3C(=O)CC4CC(=O)CCC4(C)C3CCC12C. The Kier molecular flexibility index (Phi) is 5.48. The molecule has 0 aromatic rings. The van der Waals surface area contributed by atoms with Crippen molar-refractivity contribution in [3.8, 4) is 0 Å². The van der Waals surface area contributed by atoms with Crippen LogP contribution in [0.2, 0.25) is 0 Å². The second-order valence-electron chi connectivity index (χ2n) is 11.8. The van der Waals surface area contributed by atoms with Gasteiger partial charge in [-0.05, 0) is 85.9 Å². The minimum absolute atomic E-state index is 0.103. The lowest BCUT2D eigenvalue weighted by Crippen LogP contribution is -2.57. The maximum atomic E-state index is 13.4. The highest BCUT2D eigenvalue weighted by atomic mass is 32.1. The number of carbonyl (C=O) groups is 3. The van der Waals surface area contributed by atoms with Gasteiger partial charge in [0.2, 0.25) is 0 Å². The molecule has 1 N–H and O–H groups in total. The van der Waals surface area contributed by atoms with E-state index in [1.807, 2.05) is 0 Å². The number of thiol groups is 1. The third-order valence-corrected chi connectivity index (χ3v) is 10.6. The maximum absolute atomic E-state index is 13.4. The largest absolute Gasteiger partial charge is 0.480 e. The van der Waals surface area contributed by atoms with Crippen LogP contribution in [0.4, 0.5) is 0 Å². The first kappa shape index (κ1) is 22.4. The molecule has 4 aliphatic rings. The fourth-order valence-electron chi connectivity index (χ4n) is 8.56. The number of aliphatic carboxylic acids is 1. The summed E-state index contributed by atoms with van der Waals surface area (Å²) in [6.45, 7) is 8.64. The van der Waals surface area contributed by atoms with E-state index in [0.29, 0.717) is 55.0 Å². The highest BCUT2D eigenvalue weighted by molar-refractivity contribution is 7.82. The van der Waals surface area contributed by atoms with Crippen LogP contribution < -0.4 is 0 Å². The van der Waals surface area contributed by atoms with Crippen molar-refractivity contribution in [1.29, 1.82) is 0 Å². The zero-order valence-electron chi connectivity index (χ0n) is 18.9. The minimum atomic E-state index is -1.01. The monoisotopic (exact) mass is 434 g/mol. The van der Waals surface area contributed by atoms with E-state index in [9.17, 15) is 19.5 Å². The Morgan fingerprint density at radius 2 is 1.80 bits per heavy atom. The van der Waals surface area contributed by atoms with Gasteiger partial charge in [-0.25, -0.2) is 0 Å². The highest BCUT2D eigenvalue weighted by Crippen LogP contribution is 2.67. The Hall–Kier alpha value is -0.840. The van der Waals surface area contributed by atoms with Crippen LogP contribution in [0, 0.1) is 46.3 Å². The fraction of sp³-hybridized carbons (Fsp3) is 0.880. The number of fused-ring (bicyclic) bond motifs is 5. The molecule has 168 valence electrons. The van der Waals surface area contributed by atoms with Crippen LogP contribution in [0.15, 0.2) is 0 Å². The smallest absolute Gasteiger partial charge is 0.319 e. The molecule has 0 spiro atoms. The van der Waals surface area contributed by atoms with Gasteiger partial charge in [-0.3, -0.25) is 14.4 Å². The Bertz CT molecular complexity index is 760. The molecule has 9 atom stereocenters. The first-order valence-corrected chi connectivity index (χ1v) is 12.3. The van der Waals surface area contributed by atoms with Crippen LogP contribution in [0.1, 0.15) is 85.5 Å². The van der Waals surface area contributed by atoms with Gasteiger partial charge in [0.25, 0.3) is 0 Å². The summed E-state index contributed by atoms with van der Waals surface area (Å²) in [7, 11) is 0. The number of rotatable bonds is 4. The van der Waals surface area contributed by atoms with Gasteiger partial charge in [0.15, 0.2) is 0 Å². The number of hydrogen-bond acceptors (Lipinski definition) is 4. The van der Waals surface area contributed by atoms with E-state index >= 15 is 0 Å². The molecule has 0 radical (unpaired) electrons. The third kappa shape index (κ3) is 3.29. The normalized spacial score (nSPS) is 46.4. The van der Waals surface area contributed by atoms with E-state index in [1.165, 1.54) is 0 Å². The lowest BCUT2D eigenvalue weighted by atomic mass is 9.44. The molecule has 9 unspecified atom stereocenters. The van der Waals surface area contributed by atoms with Crippen molar-refractivity contribution in [2.75, 3.05) is 0 Å². The van der Waals surface area contributed by atoms with E-state index < -0.39 is 10.7 Å². The fourth-order valence-corrected chi connectivity index (χ4v) is 8.84. The molecule has 4 fully saturated rings. The van der Waals surface area contributed by atoms with Crippen molar-refractivity contribution < 1.29 is 19.5 Å². The van der Waals surface area contributed by atoms with Gasteiger partial charge in [-0.2, -0.15) is 12.6 Å². The number of ketones is 2. The predicted molar refractivity (Wildman–Crippen MR) is 119 cm³/mol. The zero-order valence-corrected chi connectivity index (χ0v) is 19.8. The van der Waals surface area contributed by atoms with E-state index in [1.54, 1.807) is 6.92 Å². The van der Waals surface area contributed by atoms with Gasteiger partial charge in [0.1, 0.15) is 16.3 Å². The summed E-state index contributed by atoms with van der Waals surface area (Å²) in [5.41, 5.74) is 0.233. The average molecular weight is 435 g/mol. The first-order valence-electron chi connectivity index (χ1n) is 11.9. The molecular weight excluding hydrogens is 396 g/mol. The van der Waals surface area contributed by atoms with Crippen molar-refractivity contribution in [3.63, 3.8) is 0 Å². The molecule has 30 heavy (non-hydrogen) atoms.